The van der Waals surface area contributed by atoms with Crippen LogP contribution in [0.15, 0.2) is 0 Å². The Hall–Kier alpha value is -0.130. The molecule has 0 aromatic carbocycles. The molecule has 0 rings (SSSR count). The maximum Gasteiger partial charge on any atom is 0.305 e. The lowest BCUT2D eigenvalue weighted by Gasteiger charge is -2.14. The van der Waals surface area contributed by atoms with Gasteiger partial charge < -0.3 is 14.2 Å². The summed E-state index contributed by atoms with van der Waals surface area (Å²) in [7, 11) is 0. The van der Waals surface area contributed by atoms with Gasteiger partial charge >= 0.3 is 5.97 Å². The fourth-order valence-corrected chi connectivity index (χ4v) is 2.41. The topological polar surface area (TPSA) is 44.8 Å². The van der Waals surface area contributed by atoms with E-state index in [-0.39, 0.29) is 5.97 Å². The van der Waals surface area contributed by atoms with Crippen molar-refractivity contribution in [3.63, 3.8) is 0 Å². The molecule has 0 heterocycles. The molecule has 4 nitrogen and oxygen atoms in total. The highest BCUT2D eigenvalue weighted by molar-refractivity contribution is 9.09. The van der Waals surface area contributed by atoms with Crippen LogP contribution in [-0.4, -0.2) is 44.3 Å². The first-order valence-electron chi connectivity index (χ1n) is 8.61. The van der Waals surface area contributed by atoms with Crippen molar-refractivity contribution < 1.29 is 19.0 Å². The molecule has 0 aromatic heterocycles. The van der Waals surface area contributed by atoms with Crippen molar-refractivity contribution in [1.82, 2.24) is 0 Å². The van der Waals surface area contributed by atoms with Crippen LogP contribution in [0.4, 0.5) is 0 Å². The molecule has 5 heteroatoms. The summed E-state index contributed by atoms with van der Waals surface area (Å²) in [5.41, 5.74) is 0. The van der Waals surface area contributed by atoms with E-state index in [1.165, 1.54) is 25.7 Å². The van der Waals surface area contributed by atoms with Gasteiger partial charge in [-0.2, -0.15) is 0 Å². The molecule has 0 amide bonds. The van der Waals surface area contributed by atoms with Gasteiger partial charge in [-0.25, -0.2) is 0 Å². The van der Waals surface area contributed by atoms with Crippen LogP contribution in [0.3, 0.4) is 0 Å². The maximum atomic E-state index is 11.3. The number of rotatable bonds is 16. The van der Waals surface area contributed by atoms with E-state index in [0.29, 0.717) is 38.8 Å². The highest BCUT2D eigenvalue weighted by Crippen LogP contribution is 2.12. The smallest absolute Gasteiger partial charge is 0.305 e. The van der Waals surface area contributed by atoms with E-state index >= 15 is 0 Å². The van der Waals surface area contributed by atoms with Crippen molar-refractivity contribution in [2.24, 2.45) is 5.92 Å². The van der Waals surface area contributed by atoms with E-state index in [0.717, 1.165) is 24.8 Å². The van der Waals surface area contributed by atoms with Crippen LogP contribution < -0.4 is 0 Å². The number of esters is 1. The van der Waals surface area contributed by atoms with Gasteiger partial charge in [-0.3, -0.25) is 4.79 Å². The largest absolute Gasteiger partial charge is 0.463 e. The summed E-state index contributed by atoms with van der Waals surface area (Å²) >= 11 is 3.33. The van der Waals surface area contributed by atoms with Crippen LogP contribution in [0.5, 0.6) is 0 Å². The number of halogens is 1. The first-order chi connectivity index (χ1) is 10.7. The van der Waals surface area contributed by atoms with Gasteiger partial charge in [0, 0.05) is 18.4 Å². The number of hydrogen-bond donors (Lipinski definition) is 0. The highest BCUT2D eigenvalue weighted by atomic mass is 79.9. The van der Waals surface area contributed by atoms with E-state index in [2.05, 4.69) is 29.8 Å². The number of carbonyl (C=O) groups excluding carboxylic acids is 1. The fraction of sp³-hybridized carbons (Fsp3) is 0.941. The Kier molecular flexibility index (Phi) is 17.1. The zero-order valence-electron chi connectivity index (χ0n) is 14.3. The first kappa shape index (κ1) is 21.9. The molecule has 0 aliphatic carbocycles. The van der Waals surface area contributed by atoms with Crippen LogP contribution in [0.1, 0.15) is 58.8 Å². The van der Waals surface area contributed by atoms with Crippen molar-refractivity contribution in [2.45, 2.75) is 58.8 Å². The number of unbranched alkanes of at least 4 members (excludes halogenated alkanes) is 2. The summed E-state index contributed by atoms with van der Waals surface area (Å²) in [5, 5.41) is 0.931. The Morgan fingerprint density at radius 2 is 1.73 bits per heavy atom. The van der Waals surface area contributed by atoms with Crippen molar-refractivity contribution in [3.8, 4) is 0 Å². The lowest BCUT2D eigenvalue weighted by molar-refractivity contribution is -0.145. The minimum Gasteiger partial charge on any atom is -0.463 e. The summed E-state index contributed by atoms with van der Waals surface area (Å²) in [6.07, 6.45) is 7.30. The summed E-state index contributed by atoms with van der Waals surface area (Å²) in [5.74, 6) is 0.530. The highest BCUT2D eigenvalue weighted by Gasteiger charge is 2.05. The Morgan fingerprint density at radius 3 is 2.41 bits per heavy atom. The molecule has 0 saturated carbocycles. The van der Waals surface area contributed by atoms with Crippen LogP contribution >= 0.6 is 15.9 Å². The molecule has 132 valence electrons. The number of hydrogen-bond acceptors (Lipinski definition) is 4. The van der Waals surface area contributed by atoms with Crippen molar-refractivity contribution in [3.05, 3.63) is 0 Å². The molecule has 0 aliphatic rings. The number of alkyl halides is 1. The van der Waals surface area contributed by atoms with Crippen molar-refractivity contribution in [1.29, 1.82) is 0 Å². The van der Waals surface area contributed by atoms with E-state index in [1.54, 1.807) is 0 Å². The zero-order valence-corrected chi connectivity index (χ0v) is 15.9. The minimum absolute atomic E-state index is 0.137. The number of carbonyl (C=O) groups is 1. The standard InChI is InChI=1S/C17H33BrO4/c1-3-5-8-16(4-2)15-21-12-11-20-13-14-22-17(19)9-6-7-10-18/h16H,3-15H2,1-2H3. The molecule has 0 fully saturated rings. The van der Waals surface area contributed by atoms with Crippen LogP contribution in [0.2, 0.25) is 0 Å². The van der Waals surface area contributed by atoms with Gasteiger partial charge in [0.1, 0.15) is 6.61 Å². The van der Waals surface area contributed by atoms with Gasteiger partial charge in [0.25, 0.3) is 0 Å². The van der Waals surface area contributed by atoms with Crippen LogP contribution in [0.25, 0.3) is 0 Å². The summed E-state index contributed by atoms with van der Waals surface area (Å²) in [6, 6.07) is 0. The molecular weight excluding hydrogens is 348 g/mol. The van der Waals surface area contributed by atoms with E-state index in [4.69, 9.17) is 14.2 Å². The van der Waals surface area contributed by atoms with Gasteiger partial charge in [-0.15, -0.1) is 0 Å². The lowest BCUT2D eigenvalue weighted by Crippen LogP contribution is -2.15. The lowest BCUT2D eigenvalue weighted by atomic mass is 10.0. The molecule has 22 heavy (non-hydrogen) atoms. The molecule has 0 N–H and O–H groups in total. The quantitative estimate of drug-likeness (QED) is 0.227. The fourth-order valence-electron chi connectivity index (χ4n) is 2.02. The number of ether oxygens (including phenoxy) is 3. The molecule has 0 spiro atoms. The summed E-state index contributed by atoms with van der Waals surface area (Å²) < 4.78 is 16.1. The molecule has 0 aromatic rings. The van der Waals surface area contributed by atoms with Gasteiger partial charge in [-0.05, 0) is 25.2 Å². The molecular formula is C17H33BrO4. The SMILES string of the molecule is CCCCC(CC)COCCOCCOC(=O)CCCCBr. The molecule has 0 saturated heterocycles. The Balaban J connectivity index is 3.30. The van der Waals surface area contributed by atoms with Crippen LogP contribution in [0, 0.1) is 5.92 Å². The van der Waals surface area contributed by atoms with Gasteiger partial charge in [-0.1, -0.05) is 49.0 Å². The molecule has 0 aliphatic heterocycles. The zero-order chi connectivity index (χ0) is 16.5. The van der Waals surface area contributed by atoms with E-state index < -0.39 is 0 Å². The average molecular weight is 381 g/mol. The molecule has 0 bridgehead atoms. The third-order valence-electron chi connectivity index (χ3n) is 3.52. The second kappa shape index (κ2) is 17.2. The minimum atomic E-state index is -0.137. The molecule has 1 atom stereocenters. The van der Waals surface area contributed by atoms with Crippen molar-refractivity contribution >= 4 is 21.9 Å². The maximum absolute atomic E-state index is 11.3. The third-order valence-corrected chi connectivity index (χ3v) is 4.08. The Labute approximate surface area is 144 Å². The van der Waals surface area contributed by atoms with Crippen molar-refractivity contribution in [2.75, 3.05) is 38.4 Å². The second-order valence-electron chi connectivity index (χ2n) is 5.47. The third kappa shape index (κ3) is 14.8. The Bertz CT molecular complexity index is 249. The summed E-state index contributed by atoms with van der Waals surface area (Å²) in [4.78, 5) is 11.3. The van der Waals surface area contributed by atoms with Gasteiger partial charge in [0.2, 0.25) is 0 Å². The second-order valence-corrected chi connectivity index (χ2v) is 6.26. The Morgan fingerprint density at radius 1 is 1.00 bits per heavy atom. The summed E-state index contributed by atoms with van der Waals surface area (Å²) in [6.45, 7) is 7.21. The van der Waals surface area contributed by atoms with E-state index in [1.807, 2.05) is 0 Å². The average Bonchev–Trinajstić information content (AvgIpc) is 2.53. The normalized spacial score (nSPS) is 12.3. The predicted octanol–water partition coefficient (Wildman–Crippen LogP) is 4.34. The predicted molar refractivity (Wildman–Crippen MR) is 93.5 cm³/mol. The van der Waals surface area contributed by atoms with Gasteiger partial charge in [0.05, 0.1) is 19.8 Å². The first-order valence-corrected chi connectivity index (χ1v) is 9.73. The molecule has 0 radical (unpaired) electrons. The van der Waals surface area contributed by atoms with E-state index in [9.17, 15) is 4.79 Å². The monoisotopic (exact) mass is 380 g/mol. The molecule has 1 unspecified atom stereocenters. The van der Waals surface area contributed by atoms with Crippen LogP contribution in [-0.2, 0) is 19.0 Å². The van der Waals surface area contributed by atoms with Gasteiger partial charge in [0.15, 0.2) is 0 Å².